The molecule has 13 aromatic carbocycles. The van der Waals surface area contributed by atoms with Crippen LogP contribution in [-0.4, -0.2) is 4.98 Å². The van der Waals surface area contributed by atoms with Gasteiger partial charge in [-0.25, -0.2) is 4.98 Å². The zero-order valence-electron chi connectivity index (χ0n) is 38.6. The van der Waals surface area contributed by atoms with Crippen molar-refractivity contribution in [2.45, 2.75) is 6.17 Å². The summed E-state index contributed by atoms with van der Waals surface area (Å²) in [7, 11) is 0. The molecule has 1 aliphatic heterocycles. The lowest BCUT2D eigenvalue weighted by atomic mass is 9.88. The normalized spacial score (nSPS) is 13.6. The lowest BCUT2D eigenvalue weighted by molar-refractivity contribution is 0.828. The second-order valence-electron chi connectivity index (χ2n) is 19.0. The first kappa shape index (κ1) is 39.7. The van der Waals surface area contributed by atoms with Crippen LogP contribution in [0.3, 0.4) is 0 Å². The molecular weight excluding hydrogens is 859 g/mol. The first-order valence-electron chi connectivity index (χ1n) is 24.6. The number of aromatic nitrogens is 1. The Labute approximate surface area is 410 Å². The van der Waals surface area contributed by atoms with Gasteiger partial charge in [0, 0.05) is 22.0 Å². The van der Waals surface area contributed by atoms with E-state index in [1.54, 1.807) is 0 Å². The molecule has 330 valence electrons. The second-order valence-corrected chi connectivity index (χ2v) is 19.0. The maximum Gasteiger partial charge on any atom is 0.130 e. The van der Waals surface area contributed by atoms with Gasteiger partial charge in [-0.15, -0.1) is 0 Å². The molecule has 3 heteroatoms. The van der Waals surface area contributed by atoms with Gasteiger partial charge in [0.15, 0.2) is 0 Å². The highest BCUT2D eigenvalue weighted by molar-refractivity contribution is 6.28. The van der Waals surface area contributed by atoms with Crippen molar-refractivity contribution in [2.75, 3.05) is 10.2 Å². The van der Waals surface area contributed by atoms with Crippen molar-refractivity contribution in [3.63, 3.8) is 0 Å². The molecule has 3 nitrogen and oxygen atoms in total. The highest BCUT2D eigenvalue weighted by Gasteiger charge is 2.31. The molecule has 15 rings (SSSR count). The van der Waals surface area contributed by atoms with Gasteiger partial charge in [0.25, 0.3) is 0 Å². The molecule has 14 aromatic rings. The summed E-state index contributed by atoms with van der Waals surface area (Å²) in [6, 6.07) is 91.4. The lowest BCUT2D eigenvalue weighted by Crippen LogP contribution is -2.23. The number of pyridine rings is 1. The van der Waals surface area contributed by atoms with Crippen molar-refractivity contribution in [3.05, 3.63) is 254 Å². The average Bonchev–Trinajstić information content (AvgIpc) is 3.85. The SMILES string of the molecule is c1ccc(N2c3ccccc3NC2c2ccc(-c3cc(-c4ccc5c6ccccc6c6ccccc6c5c4)c4cc(-c5ccc6c7ccccc7c7ccccc7c6c5)c5ccccc5c4n3)cc2)cc1. The number of hydrogen-bond acceptors (Lipinski definition) is 3. The van der Waals surface area contributed by atoms with E-state index in [4.69, 9.17) is 4.98 Å². The number of nitrogens with zero attached hydrogens (tertiary/aromatic N) is 2. The van der Waals surface area contributed by atoms with E-state index in [-0.39, 0.29) is 6.17 Å². The quantitative estimate of drug-likeness (QED) is 0.174. The maximum atomic E-state index is 5.67. The van der Waals surface area contributed by atoms with Crippen molar-refractivity contribution >= 4 is 103 Å². The van der Waals surface area contributed by atoms with Gasteiger partial charge in [-0.2, -0.15) is 0 Å². The Bertz CT molecular complexity index is 4430. The van der Waals surface area contributed by atoms with Gasteiger partial charge in [0.1, 0.15) is 6.17 Å². The van der Waals surface area contributed by atoms with Crippen LogP contribution in [0.5, 0.6) is 0 Å². The van der Waals surface area contributed by atoms with Gasteiger partial charge in [-0.05, 0) is 146 Å². The smallest absolute Gasteiger partial charge is 0.130 e. The highest BCUT2D eigenvalue weighted by Crippen LogP contribution is 2.48. The fourth-order valence-corrected chi connectivity index (χ4v) is 11.9. The topological polar surface area (TPSA) is 28.2 Å². The summed E-state index contributed by atoms with van der Waals surface area (Å²) in [4.78, 5) is 8.06. The number of rotatable bonds is 5. The van der Waals surface area contributed by atoms with Gasteiger partial charge in [0.05, 0.1) is 22.6 Å². The van der Waals surface area contributed by atoms with E-state index in [2.05, 4.69) is 259 Å². The zero-order valence-corrected chi connectivity index (χ0v) is 38.6. The molecule has 0 bridgehead atoms. The molecular formula is C68H43N3. The minimum absolute atomic E-state index is 0.0679. The van der Waals surface area contributed by atoms with Crippen LogP contribution in [0.1, 0.15) is 11.7 Å². The van der Waals surface area contributed by atoms with Crippen LogP contribution < -0.4 is 10.2 Å². The van der Waals surface area contributed by atoms with Crippen LogP contribution in [0.25, 0.3) is 120 Å². The Morgan fingerprint density at radius 3 is 1.28 bits per heavy atom. The van der Waals surface area contributed by atoms with Gasteiger partial charge in [-0.3, -0.25) is 0 Å². The van der Waals surface area contributed by atoms with Crippen molar-refractivity contribution in [3.8, 4) is 33.5 Å². The fraction of sp³-hybridized carbons (Fsp3) is 0.0147. The van der Waals surface area contributed by atoms with Crippen molar-refractivity contribution < 1.29 is 0 Å². The Morgan fingerprint density at radius 1 is 0.310 bits per heavy atom. The summed E-state index contributed by atoms with van der Waals surface area (Å²) in [5, 5.41) is 22.5. The van der Waals surface area contributed by atoms with E-state index in [1.807, 2.05) is 0 Å². The van der Waals surface area contributed by atoms with E-state index in [1.165, 1.54) is 92.4 Å². The lowest BCUT2D eigenvalue weighted by Gasteiger charge is -2.27. The van der Waals surface area contributed by atoms with Gasteiger partial charge < -0.3 is 10.2 Å². The van der Waals surface area contributed by atoms with Crippen LogP contribution in [0.4, 0.5) is 17.1 Å². The van der Waals surface area contributed by atoms with E-state index in [0.29, 0.717) is 0 Å². The van der Waals surface area contributed by atoms with E-state index >= 15 is 0 Å². The summed E-state index contributed by atoms with van der Waals surface area (Å²) in [6.45, 7) is 0. The first-order valence-corrected chi connectivity index (χ1v) is 24.6. The van der Waals surface area contributed by atoms with Gasteiger partial charge in [0.2, 0.25) is 0 Å². The molecule has 1 atom stereocenters. The third kappa shape index (κ3) is 6.13. The standard InChI is InChI=1S/C68H43N3/c1-2-16-46(17-3-1)71-66-29-15-14-28-64(66)70-68(71)43-32-30-42(31-33-43)65-41-60(45-35-37-57-52-23-7-5-19-48(52)50-21-9-11-25-54(50)62(57)39-45)63-40-59(55-26-12-13-27-58(55)67(63)69-65)44-34-36-56-51-22-6-4-18-47(51)49-20-8-10-24-53(49)61(56)38-44/h1-41,68,70H. The molecule has 1 aromatic heterocycles. The third-order valence-electron chi connectivity index (χ3n) is 15.2. The minimum Gasteiger partial charge on any atom is -0.359 e. The molecule has 0 saturated heterocycles. The third-order valence-corrected chi connectivity index (χ3v) is 15.2. The van der Waals surface area contributed by atoms with E-state index in [9.17, 15) is 0 Å². The van der Waals surface area contributed by atoms with Crippen molar-refractivity contribution in [1.82, 2.24) is 4.98 Å². The summed E-state index contributed by atoms with van der Waals surface area (Å²) in [5.74, 6) is 0. The number of para-hydroxylation sites is 3. The number of fused-ring (bicyclic) bond motifs is 16. The Kier molecular flexibility index (Phi) is 8.72. The summed E-state index contributed by atoms with van der Waals surface area (Å²) < 4.78 is 0. The zero-order chi connectivity index (χ0) is 46.6. The van der Waals surface area contributed by atoms with Crippen molar-refractivity contribution in [1.29, 1.82) is 0 Å². The summed E-state index contributed by atoms with van der Waals surface area (Å²) in [5.41, 5.74) is 12.3. The molecule has 0 saturated carbocycles. The predicted octanol–water partition coefficient (Wildman–Crippen LogP) is 18.6. The maximum absolute atomic E-state index is 5.67. The Balaban J connectivity index is 0.959. The van der Waals surface area contributed by atoms with Crippen LogP contribution in [0.2, 0.25) is 0 Å². The van der Waals surface area contributed by atoms with Gasteiger partial charge >= 0.3 is 0 Å². The minimum atomic E-state index is -0.0679. The number of nitrogens with one attached hydrogen (secondary N) is 1. The van der Waals surface area contributed by atoms with Gasteiger partial charge in [-0.1, -0.05) is 200 Å². The molecule has 0 fully saturated rings. The summed E-state index contributed by atoms with van der Waals surface area (Å²) >= 11 is 0. The largest absolute Gasteiger partial charge is 0.359 e. The molecule has 0 aliphatic carbocycles. The molecule has 1 unspecified atom stereocenters. The van der Waals surface area contributed by atoms with Crippen LogP contribution in [0.15, 0.2) is 249 Å². The molecule has 1 N–H and O–H groups in total. The molecule has 0 spiro atoms. The number of hydrogen-bond donors (Lipinski definition) is 1. The molecule has 71 heavy (non-hydrogen) atoms. The predicted molar refractivity (Wildman–Crippen MR) is 302 cm³/mol. The first-order chi connectivity index (χ1) is 35.2. The Hall–Kier alpha value is -9.31. The molecule has 0 amide bonds. The van der Waals surface area contributed by atoms with E-state index in [0.717, 1.165) is 50.0 Å². The van der Waals surface area contributed by atoms with E-state index < -0.39 is 0 Å². The highest BCUT2D eigenvalue weighted by atomic mass is 15.3. The average molecular weight is 902 g/mol. The Morgan fingerprint density at radius 2 is 0.732 bits per heavy atom. The van der Waals surface area contributed by atoms with Crippen molar-refractivity contribution in [2.24, 2.45) is 0 Å². The second kappa shape index (κ2) is 15.6. The summed E-state index contributed by atoms with van der Waals surface area (Å²) in [6.07, 6.45) is -0.0679. The molecule has 1 aliphatic rings. The van der Waals surface area contributed by atoms with Crippen LogP contribution in [-0.2, 0) is 0 Å². The number of anilines is 3. The molecule has 0 radical (unpaired) electrons. The fourth-order valence-electron chi connectivity index (χ4n) is 11.9. The number of benzene rings is 13. The monoisotopic (exact) mass is 901 g/mol. The van der Waals surface area contributed by atoms with Crippen LogP contribution in [0, 0.1) is 0 Å². The molecule has 2 heterocycles. The van der Waals surface area contributed by atoms with Crippen LogP contribution >= 0.6 is 0 Å².